The van der Waals surface area contributed by atoms with Gasteiger partial charge >= 0.3 is 0 Å². The van der Waals surface area contributed by atoms with Crippen LogP contribution < -0.4 is 20.7 Å². The van der Waals surface area contributed by atoms with Crippen LogP contribution in [0.15, 0.2) is 12.1 Å². The second-order valence-electron chi connectivity index (χ2n) is 6.69. The molecule has 102 valence electrons. The fourth-order valence-corrected chi connectivity index (χ4v) is 14.9. The number of hydrogen-bond donors (Lipinski definition) is 0. The normalized spacial score (nSPS) is 12.2. The van der Waals surface area contributed by atoms with E-state index >= 15 is 0 Å². The third-order valence-electron chi connectivity index (χ3n) is 3.75. The molecule has 0 unspecified atom stereocenters. The first-order chi connectivity index (χ1) is 8.27. The van der Waals surface area contributed by atoms with Crippen LogP contribution in [-0.2, 0) is 0 Å². The van der Waals surface area contributed by atoms with Crippen LogP contribution in [0.1, 0.15) is 0 Å². The predicted octanol–water partition coefficient (Wildman–Crippen LogP) is 0.461. The quantitative estimate of drug-likeness (QED) is 0.709. The summed E-state index contributed by atoms with van der Waals surface area (Å²) in [4.78, 5) is 0. The zero-order valence-electron chi connectivity index (χ0n) is 13.5. The molecule has 0 aliphatic rings. The van der Waals surface area contributed by atoms with Gasteiger partial charge in [0.15, 0.2) is 0 Å². The molecule has 18 heavy (non-hydrogen) atoms. The Bertz CT molecular complexity index is 370. The average Bonchev–Trinajstić information content (AvgIpc) is 2.26. The van der Waals surface area contributed by atoms with E-state index < -0.39 is 35.2 Å². The van der Waals surface area contributed by atoms with Crippen LogP contribution in [0.5, 0.6) is 0 Å². The van der Waals surface area contributed by atoms with Gasteiger partial charge in [-0.25, -0.2) is 0 Å². The van der Waals surface area contributed by atoms with E-state index in [0.717, 1.165) is 0 Å². The molecule has 0 N–H and O–H groups in total. The lowest BCUT2D eigenvalue weighted by atomic mass is 10.3. The molecule has 0 saturated carbocycles. The minimum atomic E-state index is -0.697. The lowest BCUT2D eigenvalue weighted by molar-refractivity contribution is 1.79. The summed E-state index contributed by atoms with van der Waals surface area (Å²) in [7, 11) is -2.74. The maximum atomic E-state index is 2.53. The van der Waals surface area contributed by atoms with E-state index in [9.17, 15) is 0 Å². The van der Waals surface area contributed by atoms with Crippen molar-refractivity contribution in [1.82, 2.24) is 0 Å². The van der Waals surface area contributed by atoms with Gasteiger partial charge in [-0.15, -0.1) is 0 Å². The van der Waals surface area contributed by atoms with Crippen molar-refractivity contribution < 1.29 is 0 Å². The van der Waals surface area contributed by atoms with E-state index in [1.165, 1.54) is 0 Å². The minimum Gasteiger partial charge on any atom is -0.0682 e. The Hall–Kier alpha value is 0.0875. The van der Waals surface area contributed by atoms with Crippen LogP contribution >= 0.6 is 0 Å². The molecule has 0 radical (unpaired) electrons. The van der Waals surface area contributed by atoms with Gasteiger partial charge in [-0.2, -0.15) is 0 Å². The highest BCUT2D eigenvalue weighted by molar-refractivity contribution is 6.92. The SMILES string of the molecule is C[SiH](C)c1ccc([SiH](C)C)c([SiH](C)C)c1[SiH](C)C. The van der Waals surface area contributed by atoms with Gasteiger partial charge in [-0.3, -0.25) is 0 Å². The highest BCUT2D eigenvalue weighted by Crippen LogP contribution is 1.93. The second-order valence-corrected chi connectivity index (χ2v) is 18.3. The van der Waals surface area contributed by atoms with Gasteiger partial charge in [0.2, 0.25) is 0 Å². The van der Waals surface area contributed by atoms with Crippen LogP contribution in [0.25, 0.3) is 0 Å². The smallest absolute Gasteiger partial charge is 0.0645 e. The molecule has 0 spiro atoms. The maximum Gasteiger partial charge on any atom is 0.0645 e. The van der Waals surface area contributed by atoms with Crippen molar-refractivity contribution in [2.45, 2.75) is 52.4 Å². The van der Waals surface area contributed by atoms with E-state index in [0.29, 0.717) is 0 Å². The van der Waals surface area contributed by atoms with Crippen molar-refractivity contribution in [2.24, 2.45) is 0 Å². The Balaban J connectivity index is 3.60. The highest BCUT2D eigenvalue weighted by atomic mass is 28.3. The summed E-state index contributed by atoms with van der Waals surface area (Å²) in [6, 6.07) is 5.03. The van der Waals surface area contributed by atoms with Gasteiger partial charge in [0.05, 0.1) is 35.2 Å². The van der Waals surface area contributed by atoms with Crippen LogP contribution in [0.2, 0.25) is 52.4 Å². The first-order valence-electron chi connectivity index (χ1n) is 7.43. The molecule has 0 saturated heterocycles. The van der Waals surface area contributed by atoms with Crippen LogP contribution in [0.3, 0.4) is 0 Å². The lowest BCUT2D eigenvalue weighted by Crippen LogP contribution is -2.62. The van der Waals surface area contributed by atoms with Crippen molar-refractivity contribution in [2.75, 3.05) is 0 Å². The molecular formula is C14H30Si4. The van der Waals surface area contributed by atoms with Gasteiger partial charge in [0, 0.05) is 0 Å². The zero-order chi connectivity index (χ0) is 14.0. The number of rotatable bonds is 4. The number of hydrogen-bond acceptors (Lipinski definition) is 0. The zero-order valence-corrected chi connectivity index (χ0v) is 18.1. The Morgan fingerprint density at radius 1 is 0.500 bits per heavy atom. The van der Waals surface area contributed by atoms with Crippen molar-refractivity contribution in [1.29, 1.82) is 0 Å². The van der Waals surface area contributed by atoms with E-state index in [1.807, 2.05) is 10.4 Å². The summed E-state index contributed by atoms with van der Waals surface area (Å²) >= 11 is 0. The largest absolute Gasteiger partial charge is 0.0682 e. The fourth-order valence-electron chi connectivity index (χ4n) is 2.97. The van der Waals surface area contributed by atoms with Gasteiger partial charge in [0.1, 0.15) is 0 Å². The van der Waals surface area contributed by atoms with Gasteiger partial charge in [0.25, 0.3) is 0 Å². The van der Waals surface area contributed by atoms with Crippen molar-refractivity contribution in [3.63, 3.8) is 0 Å². The Labute approximate surface area is 120 Å². The summed E-state index contributed by atoms with van der Waals surface area (Å²) in [5.41, 5.74) is 0. The van der Waals surface area contributed by atoms with Crippen molar-refractivity contribution in [3.8, 4) is 0 Å². The molecule has 0 nitrogen and oxygen atoms in total. The predicted molar refractivity (Wildman–Crippen MR) is 100 cm³/mol. The first-order valence-corrected chi connectivity index (χ1v) is 19.0. The van der Waals surface area contributed by atoms with Crippen molar-refractivity contribution in [3.05, 3.63) is 12.1 Å². The minimum absolute atomic E-state index is 0.673. The Morgan fingerprint density at radius 3 is 0.944 bits per heavy atom. The Kier molecular flexibility index (Phi) is 5.83. The molecule has 1 aromatic carbocycles. The van der Waals surface area contributed by atoms with Gasteiger partial charge in [-0.1, -0.05) is 85.3 Å². The molecule has 1 aromatic rings. The molecule has 0 heterocycles. The summed E-state index contributed by atoms with van der Waals surface area (Å²) in [6.07, 6.45) is 0. The van der Waals surface area contributed by atoms with E-state index in [2.05, 4.69) is 64.5 Å². The topological polar surface area (TPSA) is 0 Å². The molecule has 4 heteroatoms. The Morgan fingerprint density at radius 2 is 0.778 bits per heavy atom. The standard InChI is InChI=1S/C14H30Si4/c1-15(2)11-9-10-12(16(3)4)14(18(7)8)13(11)17(5)6/h9-10,15-18H,1-8H3. The molecule has 0 atom stereocenters. The van der Waals surface area contributed by atoms with Crippen LogP contribution in [-0.4, -0.2) is 35.2 Å². The number of benzene rings is 1. The van der Waals surface area contributed by atoms with Gasteiger partial charge < -0.3 is 0 Å². The molecule has 0 aromatic heterocycles. The van der Waals surface area contributed by atoms with E-state index in [4.69, 9.17) is 0 Å². The van der Waals surface area contributed by atoms with Gasteiger partial charge in [-0.05, 0) is 0 Å². The molecule has 0 fully saturated rings. The maximum absolute atomic E-state index is 2.53. The summed E-state index contributed by atoms with van der Waals surface area (Å²) in [5.74, 6) is 0. The molecule has 0 amide bonds. The monoisotopic (exact) mass is 310 g/mol. The molecular weight excluding hydrogens is 280 g/mol. The van der Waals surface area contributed by atoms with Crippen LogP contribution in [0, 0.1) is 0 Å². The molecule has 0 aliphatic heterocycles. The summed E-state index contributed by atoms with van der Waals surface area (Å²) in [5, 5.41) is 7.40. The van der Waals surface area contributed by atoms with E-state index in [-0.39, 0.29) is 0 Å². The average molecular weight is 311 g/mol. The second kappa shape index (κ2) is 6.50. The lowest BCUT2D eigenvalue weighted by Gasteiger charge is -2.26. The molecule has 0 bridgehead atoms. The third kappa shape index (κ3) is 3.35. The van der Waals surface area contributed by atoms with Crippen molar-refractivity contribution >= 4 is 55.9 Å². The summed E-state index contributed by atoms with van der Waals surface area (Å²) in [6.45, 7) is 20.1. The third-order valence-corrected chi connectivity index (χ3v) is 11.8. The fraction of sp³-hybridized carbons (Fsp3) is 0.571. The highest BCUT2D eigenvalue weighted by Gasteiger charge is 2.21. The molecule has 1 rings (SSSR count). The molecule has 0 aliphatic carbocycles. The van der Waals surface area contributed by atoms with E-state index in [1.54, 1.807) is 10.4 Å². The van der Waals surface area contributed by atoms with Crippen LogP contribution in [0.4, 0.5) is 0 Å². The summed E-state index contributed by atoms with van der Waals surface area (Å²) < 4.78 is 0. The first kappa shape index (κ1) is 16.1.